The number of benzene rings is 2. The average molecular weight is 617 g/mol. The van der Waals surface area contributed by atoms with Gasteiger partial charge < -0.3 is 14.3 Å². The van der Waals surface area contributed by atoms with Crippen molar-refractivity contribution in [2.75, 3.05) is 6.61 Å². The SMILES string of the molecule is CCOC(=O)C1=C(c2ccccc2)N=c2s/c(=C\c3ccc(-c4cc(C(=O)O)ccc4Cl)o3)c(=O)n2[C@H]1c1cccs1. The van der Waals surface area contributed by atoms with Gasteiger partial charge in [-0.2, -0.15) is 0 Å². The number of carbonyl (C=O) groups is 2. The fourth-order valence-electron chi connectivity index (χ4n) is 4.71. The minimum atomic E-state index is -1.09. The Labute approximate surface area is 251 Å². The van der Waals surface area contributed by atoms with Crippen molar-refractivity contribution in [2.45, 2.75) is 13.0 Å². The summed E-state index contributed by atoms with van der Waals surface area (Å²) in [6, 6.07) is 20.0. The minimum Gasteiger partial charge on any atom is -0.478 e. The van der Waals surface area contributed by atoms with Crippen LogP contribution in [0.1, 0.15) is 39.5 Å². The Balaban J connectivity index is 1.52. The number of ether oxygens (including phenoxy) is 1. The standard InChI is InChI=1S/C31H21ClN2O6S2/c1-2-39-30(38)25-26(17-7-4-3-5-8-17)33-31-34(27(25)23-9-6-14-41-23)28(35)24(42-31)16-19-11-13-22(40-19)20-15-18(29(36)37)10-12-21(20)32/h3-16,27H,2H2,1H3,(H,36,37)/b24-16-/t27-/m0/s1. The maximum Gasteiger partial charge on any atom is 0.338 e. The predicted octanol–water partition coefficient (Wildman–Crippen LogP) is 5.61. The Morgan fingerprint density at radius 2 is 1.93 bits per heavy atom. The number of halogens is 1. The van der Waals surface area contributed by atoms with Crippen molar-refractivity contribution in [3.63, 3.8) is 0 Å². The van der Waals surface area contributed by atoms with Gasteiger partial charge in [0.1, 0.15) is 17.6 Å². The van der Waals surface area contributed by atoms with E-state index in [1.165, 1.54) is 45.4 Å². The van der Waals surface area contributed by atoms with Gasteiger partial charge in [0.25, 0.3) is 5.56 Å². The summed E-state index contributed by atoms with van der Waals surface area (Å²) in [5.41, 5.74) is 1.62. The van der Waals surface area contributed by atoms with E-state index in [1.807, 2.05) is 47.8 Å². The van der Waals surface area contributed by atoms with Crippen molar-refractivity contribution >= 4 is 58.0 Å². The molecule has 0 saturated heterocycles. The number of hydrogen-bond donors (Lipinski definition) is 1. The average Bonchev–Trinajstić information content (AvgIpc) is 3.75. The fraction of sp³-hybridized carbons (Fsp3) is 0.0968. The lowest BCUT2D eigenvalue weighted by atomic mass is 9.97. The summed E-state index contributed by atoms with van der Waals surface area (Å²) < 4.78 is 13.3. The molecule has 0 saturated carbocycles. The molecule has 1 atom stereocenters. The Kier molecular flexibility index (Phi) is 7.51. The quantitative estimate of drug-likeness (QED) is 0.238. The highest BCUT2D eigenvalue weighted by Crippen LogP contribution is 2.37. The lowest BCUT2D eigenvalue weighted by Gasteiger charge is -2.24. The van der Waals surface area contributed by atoms with Gasteiger partial charge in [0.05, 0.1) is 33.0 Å². The number of carboxylic acid groups (broad SMARTS) is 1. The Bertz CT molecular complexity index is 2040. The zero-order valence-electron chi connectivity index (χ0n) is 21.9. The first kappa shape index (κ1) is 27.6. The van der Waals surface area contributed by atoms with Crippen LogP contribution in [0.15, 0.2) is 98.0 Å². The third kappa shape index (κ3) is 5.04. The molecule has 6 rings (SSSR count). The number of nitrogens with zero attached hydrogens (tertiary/aromatic N) is 2. The van der Waals surface area contributed by atoms with Crippen LogP contribution < -0.4 is 14.9 Å². The van der Waals surface area contributed by atoms with E-state index in [0.717, 1.165) is 10.4 Å². The molecule has 3 aromatic heterocycles. The van der Waals surface area contributed by atoms with Crippen LogP contribution in [0.3, 0.4) is 0 Å². The monoisotopic (exact) mass is 616 g/mol. The predicted molar refractivity (Wildman–Crippen MR) is 161 cm³/mol. The van der Waals surface area contributed by atoms with Gasteiger partial charge in [-0.25, -0.2) is 14.6 Å². The highest BCUT2D eigenvalue weighted by molar-refractivity contribution is 7.10. The van der Waals surface area contributed by atoms with Crippen LogP contribution in [-0.2, 0) is 9.53 Å². The minimum absolute atomic E-state index is 0.0702. The third-order valence-electron chi connectivity index (χ3n) is 6.57. The second-order valence-electron chi connectivity index (χ2n) is 9.15. The number of fused-ring (bicyclic) bond motifs is 1. The Morgan fingerprint density at radius 3 is 2.64 bits per heavy atom. The molecular weight excluding hydrogens is 596 g/mol. The smallest absolute Gasteiger partial charge is 0.338 e. The molecule has 0 unspecified atom stereocenters. The molecule has 0 spiro atoms. The van der Waals surface area contributed by atoms with E-state index in [4.69, 9.17) is 25.7 Å². The van der Waals surface area contributed by atoms with Crippen molar-refractivity contribution in [3.8, 4) is 11.3 Å². The van der Waals surface area contributed by atoms with Gasteiger partial charge in [-0.3, -0.25) is 9.36 Å². The molecule has 210 valence electrons. The number of carbonyl (C=O) groups excluding carboxylic acids is 1. The molecular formula is C31H21ClN2O6S2. The second-order valence-corrected chi connectivity index (χ2v) is 11.5. The molecule has 8 nitrogen and oxygen atoms in total. The van der Waals surface area contributed by atoms with Crippen molar-refractivity contribution < 1.29 is 23.8 Å². The number of carboxylic acids is 1. The van der Waals surface area contributed by atoms with E-state index < -0.39 is 18.0 Å². The molecule has 0 aliphatic carbocycles. The van der Waals surface area contributed by atoms with E-state index in [2.05, 4.69) is 0 Å². The highest BCUT2D eigenvalue weighted by Gasteiger charge is 2.35. The molecule has 42 heavy (non-hydrogen) atoms. The molecule has 0 fully saturated rings. The first-order valence-electron chi connectivity index (χ1n) is 12.8. The number of hydrogen-bond acceptors (Lipinski definition) is 8. The molecule has 5 aromatic rings. The molecule has 0 bridgehead atoms. The van der Waals surface area contributed by atoms with Gasteiger partial charge in [0.15, 0.2) is 4.80 Å². The normalized spacial score (nSPS) is 14.9. The number of aromatic nitrogens is 1. The molecule has 1 aliphatic rings. The molecule has 2 aromatic carbocycles. The summed E-state index contributed by atoms with van der Waals surface area (Å²) >= 11 is 8.94. The Morgan fingerprint density at radius 1 is 1.12 bits per heavy atom. The van der Waals surface area contributed by atoms with Gasteiger partial charge in [0, 0.05) is 22.1 Å². The molecule has 11 heteroatoms. The van der Waals surface area contributed by atoms with E-state index in [0.29, 0.717) is 37.1 Å². The van der Waals surface area contributed by atoms with Crippen molar-refractivity contribution in [1.82, 2.24) is 4.57 Å². The number of aromatic carboxylic acids is 1. The third-order valence-corrected chi connectivity index (χ3v) is 8.80. The summed E-state index contributed by atoms with van der Waals surface area (Å²) in [5.74, 6) is -0.899. The van der Waals surface area contributed by atoms with Gasteiger partial charge in [0.2, 0.25) is 0 Å². The zero-order valence-corrected chi connectivity index (χ0v) is 24.3. The topological polar surface area (TPSA) is 111 Å². The van der Waals surface area contributed by atoms with Crippen molar-refractivity contribution in [1.29, 1.82) is 0 Å². The molecule has 1 aliphatic heterocycles. The maximum absolute atomic E-state index is 13.9. The summed E-state index contributed by atoms with van der Waals surface area (Å²) in [4.78, 5) is 44.8. The fourth-order valence-corrected chi connectivity index (χ4v) is 6.72. The second kappa shape index (κ2) is 11.4. The van der Waals surface area contributed by atoms with Crippen LogP contribution in [0.25, 0.3) is 23.1 Å². The zero-order chi connectivity index (χ0) is 29.4. The number of rotatable bonds is 7. The van der Waals surface area contributed by atoms with Crippen LogP contribution in [0.2, 0.25) is 5.02 Å². The summed E-state index contributed by atoms with van der Waals surface area (Å²) in [6.45, 7) is 1.91. The van der Waals surface area contributed by atoms with Crippen LogP contribution in [0.4, 0.5) is 0 Å². The molecule has 4 heterocycles. The molecule has 0 amide bonds. The highest BCUT2D eigenvalue weighted by atomic mass is 35.5. The number of furan rings is 1. The van der Waals surface area contributed by atoms with Crippen LogP contribution >= 0.6 is 34.3 Å². The van der Waals surface area contributed by atoms with Gasteiger partial charge in [-0.15, -0.1) is 11.3 Å². The first-order chi connectivity index (χ1) is 20.4. The summed E-state index contributed by atoms with van der Waals surface area (Å²) in [6.07, 6.45) is 1.60. The summed E-state index contributed by atoms with van der Waals surface area (Å²) in [7, 11) is 0. The number of esters is 1. The largest absolute Gasteiger partial charge is 0.478 e. The molecule has 0 radical (unpaired) electrons. The van der Waals surface area contributed by atoms with E-state index in [1.54, 1.807) is 25.1 Å². The number of thiophene rings is 1. The van der Waals surface area contributed by atoms with E-state index >= 15 is 0 Å². The van der Waals surface area contributed by atoms with E-state index in [-0.39, 0.29) is 23.3 Å². The van der Waals surface area contributed by atoms with E-state index in [9.17, 15) is 19.5 Å². The van der Waals surface area contributed by atoms with Crippen molar-refractivity contribution in [3.05, 3.63) is 130 Å². The van der Waals surface area contributed by atoms with Crippen molar-refractivity contribution in [2.24, 2.45) is 4.99 Å². The Hall–Kier alpha value is -4.51. The van der Waals surface area contributed by atoms with Crippen LogP contribution in [0.5, 0.6) is 0 Å². The van der Waals surface area contributed by atoms with Gasteiger partial charge in [-0.1, -0.05) is 59.3 Å². The maximum atomic E-state index is 13.9. The first-order valence-corrected chi connectivity index (χ1v) is 14.9. The van der Waals surface area contributed by atoms with Gasteiger partial charge >= 0.3 is 11.9 Å². The lowest BCUT2D eigenvalue weighted by molar-refractivity contribution is -0.138. The lowest BCUT2D eigenvalue weighted by Crippen LogP contribution is -2.39. The van der Waals surface area contributed by atoms with Crippen LogP contribution in [0, 0.1) is 0 Å². The number of thiazole rings is 1. The molecule has 1 N–H and O–H groups in total. The summed E-state index contributed by atoms with van der Waals surface area (Å²) in [5, 5.41) is 11.6. The van der Waals surface area contributed by atoms with Gasteiger partial charge in [-0.05, 0) is 48.7 Å². The van der Waals surface area contributed by atoms with Crippen LogP contribution in [-0.4, -0.2) is 28.2 Å².